The highest BCUT2D eigenvalue weighted by Crippen LogP contribution is 2.37. The van der Waals surface area contributed by atoms with Gasteiger partial charge in [0.1, 0.15) is 11.7 Å². The van der Waals surface area contributed by atoms with Gasteiger partial charge in [0, 0.05) is 7.11 Å². The Balaban J connectivity index is 2.31. The molecule has 2 rings (SSSR count). The van der Waals surface area contributed by atoms with Crippen molar-refractivity contribution in [1.82, 2.24) is 0 Å². The topological polar surface area (TPSA) is 74.2 Å². The van der Waals surface area contributed by atoms with E-state index >= 15 is 0 Å². The van der Waals surface area contributed by atoms with Crippen molar-refractivity contribution in [3.05, 3.63) is 12.7 Å². The van der Waals surface area contributed by atoms with Crippen LogP contribution >= 0.6 is 0 Å². The molecular weight excluding hydrogens is 216 g/mol. The Labute approximate surface area is 92.7 Å². The smallest absolute Gasteiger partial charge is 0.424 e. The Hall–Kier alpha value is -1.11. The molecule has 16 heavy (non-hydrogen) atoms. The summed E-state index contributed by atoms with van der Waals surface area (Å²) >= 11 is 0. The van der Waals surface area contributed by atoms with Crippen LogP contribution in [0.5, 0.6) is 0 Å². The molecule has 0 saturated carbocycles. The molecule has 5 atom stereocenters. The van der Waals surface area contributed by atoms with Crippen LogP contribution in [-0.4, -0.2) is 48.6 Å². The van der Waals surface area contributed by atoms with Gasteiger partial charge in [-0.25, -0.2) is 4.79 Å². The quantitative estimate of drug-likeness (QED) is 0.539. The first-order valence-corrected chi connectivity index (χ1v) is 4.91. The standard InChI is InChI=1S/C10H14O6/c1-4-10(2)7(13-3)5-6(8(11)16-10)15-9(12)14-5/h4-8,11H,1H2,2-3H3/t5-,6+,7+,8?,10-/m0/s1. The van der Waals surface area contributed by atoms with Crippen LogP contribution in [0, 0.1) is 0 Å². The lowest BCUT2D eigenvalue weighted by molar-refractivity contribution is -0.282. The predicted molar refractivity (Wildman–Crippen MR) is 51.6 cm³/mol. The number of ether oxygens (including phenoxy) is 4. The highest BCUT2D eigenvalue weighted by Gasteiger charge is 2.58. The van der Waals surface area contributed by atoms with Gasteiger partial charge in [-0.05, 0) is 6.92 Å². The number of aliphatic hydroxyl groups is 1. The molecule has 2 heterocycles. The molecule has 0 radical (unpaired) electrons. The van der Waals surface area contributed by atoms with E-state index in [2.05, 4.69) is 6.58 Å². The number of carbonyl (C=O) groups is 1. The lowest BCUT2D eigenvalue weighted by atomic mass is 9.88. The summed E-state index contributed by atoms with van der Waals surface area (Å²) in [6.07, 6.45) is -2.68. The minimum Gasteiger partial charge on any atom is -0.424 e. The second-order valence-electron chi connectivity index (χ2n) is 3.97. The zero-order valence-electron chi connectivity index (χ0n) is 9.08. The first-order chi connectivity index (χ1) is 7.51. The van der Waals surface area contributed by atoms with Crippen LogP contribution < -0.4 is 0 Å². The second kappa shape index (κ2) is 3.73. The van der Waals surface area contributed by atoms with Crippen LogP contribution in [0.3, 0.4) is 0 Å². The number of aliphatic hydroxyl groups excluding tert-OH is 1. The van der Waals surface area contributed by atoms with E-state index < -0.39 is 36.4 Å². The zero-order chi connectivity index (χ0) is 11.9. The molecule has 90 valence electrons. The lowest BCUT2D eigenvalue weighted by Gasteiger charge is -2.44. The van der Waals surface area contributed by atoms with Gasteiger partial charge in [-0.2, -0.15) is 0 Å². The zero-order valence-corrected chi connectivity index (χ0v) is 9.08. The van der Waals surface area contributed by atoms with E-state index in [0.29, 0.717) is 0 Å². The molecule has 0 amide bonds. The van der Waals surface area contributed by atoms with E-state index in [4.69, 9.17) is 18.9 Å². The van der Waals surface area contributed by atoms with Gasteiger partial charge in [-0.3, -0.25) is 0 Å². The summed E-state index contributed by atoms with van der Waals surface area (Å²) in [5, 5.41) is 9.69. The molecule has 1 unspecified atom stereocenters. The fourth-order valence-corrected chi connectivity index (χ4v) is 2.09. The third-order valence-corrected chi connectivity index (χ3v) is 2.97. The monoisotopic (exact) mass is 230 g/mol. The summed E-state index contributed by atoms with van der Waals surface area (Å²) in [7, 11) is 1.47. The number of methoxy groups -OCH3 is 1. The minimum atomic E-state index is -1.24. The second-order valence-corrected chi connectivity index (χ2v) is 3.97. The molecular formula is C10H14O6. The maximum atomic E-state index is 11.0. The van der Waals surface area contributed by atoms with E-state index in [1.165, 1.54) is 13.2 Å². The predicted octanol–water partition coefficient (Wildman–Crippen LogP) is 0.199. The highest BCUT2D eigenvalue weighted by atomic mass is 16.8. The van der Waals surface area contributed by atoms with Gasteiger partial charge in [0.15, 0.2) is 18.5 Å². The van der Waals surface area contributed by atoms with Crippen LogP contribution in [0.2, 0.25) is 0 Å². The van der Waals surface area contributed by atoms with Gasteiger partial charge in [0.25, 0.3) is 0 Å². The molecule has 6 heteroatoms. The maximum absolute atomic E-state index is 11.0. The fraction of sp³-hybridized carbons (Fsp3) is 0.700. The van der Waals surface area contributed by atoms with Crippen LogP contribution in [0.25, 0.3) is 0 Å². The van der Waals surface area contributed by atoms with Crippen LogP contribution in [-0.2, 0) is 18.9 Å². The van der Waals surface area contributed by atoms with E-state index in [9.17, 15) is 9.90 Å². The van der Waals surface area contributed by atoms with Crippen molar-refractivity contribution < 1.29 is 28.8 Å². The van der Waals surface area contributed by atoms with Crippen LogP contribution in [0.4, 0.5) is 4.79 Å². The molecule has 0 spiro atoms. The lowest BCUT2D eigenvalue weighted by Crippen LogP contribution is -2.61. The summed E-state index contributed by atoms with van der Waals surface area (Å²) in [5.41, 5.74) is -0.927. The Morgan fingerprint density at radius 3 is 2.69 bits per heavy atom. The van der Waals surface area contributed by atoms with Gasteiger partial charge in [-0.1, -0.05) is 6.08 Å². The average molecular weight is 230 g/mol. The van der Waals surface area contributed by atoms with Gasteiger partial charge in [-0.15, -0.1) is 6.58 Å². The number of hydrogen-bond acceptors (Lipinski definition) is 6. The van der Waals surface area contributed by atoms with Crippen molar-refractivity contribution in [3.63, 3.8) is 0 Å². The third-order valence-electron chi connectivity index (χ3n) is 2.97. The number of hydrogen-bond donors (Lipinski definition) is 1. The Morgan fingerprint density at radius 1 is 1.50 bits per heavy atom. The van der Waals surface area contributed by atoms with E-state index in [-0.39, 0.29) is 0 Å². The molecule has 0 bridgehead atoms. The van der Waals surface area contributed by atoms with E-state index in [1.54, 1.807) is 6.92 Å². The van der Waals surface area contributed by atoms with Crippen LogP contribution in [0.1, 0.15) is 6.92 Å². The summed E-state index contributed by atoms with van der Waals surface area (Å²) < 4.78 is 20.3. The average Bonchev–Trinajstić information content (AvgIpc) is 2.61. The Bertz CT molecular complexity index is 316. The number of rotatable bonds is 2. The minimum absolute atomic E-state index is 0.565. The van der Waals surface area contributed by atoms with Crippen molar-refractivity contribution in [3.8, 4) is 0 Å². The molecule has 0 aromatic heterocycles. The first-order valence-electron chi connectivity index (χ1n) is 4.91. The van der Waals surface area contributed by atoms with Crippen molar-refractivity contribution in [2.24, 2.45) is 0 Å². The maximum Gasteiger partial charge on any atom is 0.509 e. The molecule has 2 aliphatic heterocycles. The molecule has 0 aromatic rings. The SMILES string of the molecule is C=C[C@]1(C)OC(O)[C@@H]2OC(=O)O[C@@H]2[C@H]1OC. The van der Waals surface area contributed by atoms with Crippen molar-refractivity contribution in [1.29, 1.82) is 0 Å². The Morgan fingerprint density at radius 2 is 2.12 bits per heavy atom. The summed E-state index contributed by atoms with van der Waals surface area (Å²) in [6, 6.07) is 0. The largest absolute Gasteiger partial charge is 0.509 e. The first kappa shape index (κ1) is 11.4. The van der Waals surface area contributed by atoms with Gasteiger partial charge < -0.3 is 24.1 Å². The van der Waals surface area contributed by atoms with Crippen molar-refractivity contribution in [2.45, 2.75) is 37.1 Å². The third kappa shape index (κ3) is 1.50. The van der Waals surface area contributed by atoms with E-state index in [1.807, 2.05) is 0 Å². The Kier molecular flexibility index (Phi) is 2.65. The van der Waals surface area contributed by atoms with E-state index in [0.717, 1.165) is 0 Å². The molecule has 6 nitrogen and oxygen atoms in total. The number of fused-ring (bicyclic) bond motifs is 1. The van der Waals surface area contributed by atoms with Crippen molar-refractivity contribution >= 4 is 6.16 Å². The summed E-state index contributed by atoms with van der Waals surface area (Å²) in [6.45, 7) is 5.32. The van der Waals surface area contributed by atoms with Crippen LogP contribution in [0.15, 0.2) is 12.7 Å². The number of carbonyl (C=O) groups excluding carboxylic acids is 1. The molecule has 2 fully saturated rings. The summed E-state index contributed by atoms with van der Waals surface area (Å²) in [5.74, 6) is 0. The molecule has 2 aliphatic rings. The molecule has 0 aromatic carbocycles. The highest BCUT2D eigenvalue weighted by molar-refractivity contribution is 5.63. The molecule has 2 saturated heterocycles. The molecule has 1 N–H and O–H groups in total. The van der Waals surface area contributed by atoms with Gasteiger partial charge in [0.05, 0.1) is 0 Å². The van der Waals surface area contributed by atoms with Crippen molar-refractivity contribution in [2.75, 3.05) is 7.11 Å². The van der Waals surface area contributed by atoms with Gasteiger partial charge >= 0.3 is 6.16 Å². The fourth-order valence-electron chi connectivity index (χ4n) is 2.09. The van der Waals surface area contributed by atoms with Gasteiger partial charge in [0.2, 0.25) is 0 Å². The molecule has 0 aliphatic carbocycles. The normalized spacial score (nSPS) is 46.8. The summed E-state index contributed by atoms with van der Waals surface area (Å²) in [4.78, 5) is 11.0.